The summed E-state index contributed by atoms with van der Waals surface area (Å²) in [5.41, 5.74) is 4.82. The zero-order valence-corrected chi connectivity index (χ0v) is 55.5. The Kier molecular flexibility index (Phi) is 19.7. The van der Waals surface area contributed by atoms with Crippen molar-refractivity contribution in [3.8, 4) is 16.9 Å². The zero-order valence-electron chi connectivity index (χ0n) is 54.7. The minimum absolute atomic E-state index is 0.0256. The molecule has 8 N–H and O–H groups in total. The highest BCUT2D eigenvalue weighted by molar-refractivity contribution is 7.22. The van der Waals surface area contributed by atoms with Crippen LogP contribution in [0, 0.1) is 23.2 Å². The largest absolute Gasteiger partial charge is 0.476 e. The molecule has 97 heavy (non-hydrogen) atoms. The second-order valence-electron chi connectivity index (χ2n) is 27.7. The Balaban J connectivity index is 0.659. The number of carbonyl (C=O) groups excluding carboxylic acids is 6. The van der Waals surface area contributed by atoms with Gasteiger partial charge in [-0.15, -0.1) is 0 Å². The third-order valence-electron chi connectivity index (χ3n) is 19.7. The maximum atomic E-state index is 13.8. The molecular weight excluding hydrogens is 1270 g/mol. The number of pyridine rings is 1. The number of anilines is 3. The summed E-state index contributed by atoms with van der Waals surface area (Å²) in [5, 5.41) is 66.0. The van der Waals surface area contributed by atoms with E-state index < -0.39 is 60.9 Å². The van der Waals surface area contributed by atoms with Gasteiger partial charge in [0.2, 0.25) is 18.1 Å². The Morgan fingerprint density at radius 1 is 0.825 bits per heavy atom. The van der Waals surface area contributed by atoms with Crippen LogP contribution in [0.1, 0.15) is 128 Å². The van der Waals surface area contributed by atoms with Gasteiger partial charge in [-0.3, -0.25) is 38.9 Å². The first-order valence-electron chi connectivity index (χ1n) is 32.9. The van der Waals surface area contributed by atoms with Gasteiger partial charge in [-0.2, -0.15) is 5.10 Å². The van der Waals surface area contributed by atoms with Crippen LogP contribution in [-0.4, -0.2) is 179 Å². The number of likely N-dealkylation sites (N-methyl/N-ethyl adjacent to an activating group) is 1. The predicted octanol–water partition coefficient (Wildman–Crippen LogP) is 6.89. The Labute approximate surface area is 563 Å². The van der Waals surface area contributed by atoms with Gasteiger partial charge in [-0.25, -0.2) is 19.6 Å². The van der Waals surface area contributed by atoms with Crippen molar-refractivity contribution in [3.63, 3.8) is 0 Å². The number of carboxylic acid groups (broad SMARTS) is 1. The molecule has 3 aliphatic heterocycles. The number of carboxylic acids is 1. The number of ether oxygens (including phenoxy) is 4. The van der Waals surface area contributed by atoms with E-state index in [2.05, 4.69) is 34.8 Å². The van der Waals surface area contributed by atoms with E-state index in [-0.39, 0.29) is 103 Å². The topological polar surface area (TPSA) is 347 Å². The van der Waals surface area contributed by atoms with Crippen molar-refractivity contribution in [1.29, 1.82) is 0 Å². The second-order valence-corrected chi connectivity index (χ2v) is 28.7. The van der Waals surface area contributed by atoms with Gasteiger partial charge in [0.05, 0.1) is 40.9 Å². The van der Waals surface area contributed by atoms with Gasteiger partial charge in [0.1, 0.15) is 42.6 Å². The fourth-order valence-corrected chi connectivity index (χ4v) is 17.2. The third kappa shape index (κ3) is 14.9. The van der Waals surface area contributed by atoms with Gasteiger partial charge in [0.15, 0.2) is 10.8 Å². The Bertz CT molecular complexity index is 3990. The van der Waals surface area contributed by atoms with Crippen LogP contribution in [-0.2, 0) is 59.5 Å². The lowest BCUT2D eigenvalue weighted by molar-refractivity contribution is -0.277. The first-order valence-corrected chi connectivity index (χ1v) is 33.7. The van der Waals surface area contributed by atoms with Crippen LogP contribution in [0.4, 0.5) is 21.4 Å². The summed E-state index contributed by atoms with van der Waals surface area (Å²) in [6.07, 6.45) is 3.24. The molecule has 1 saturated heterocycles. The molecule has 6 heterocycles. The summed E-state index contributed by atoms with van der Waals surface area (Å²) in [4.78, 5) is 104. The molecule has 4 saturated carbocycles. The Morgan fingerprint density at radius 2 is 1.60 bits per heavy atom. The number of rotatable bonds is 26. The number of hydrogen-bond acceptors (Lipinski definition) is 20. The lowest BCUT2D eigenvalue weighted by Crippen LogP contribution is -2.64. The molecule has 6 amide bonds. The number of aliphatic hydroxyl groups is 4. The van der Waals surface area contributed by atoms with Crippen molar-refractivity contribution in [2.75, 3.05) is 62.0 Å². The average Bonchev–Trinajstić information content (AvgIpc) is 1.15. The number of hydrogen-bond donors (Lipinski definition) is 8. The van der Waals surface area contributed by atoms with Crippen molar-refractivity contribution in [2.24, 2.45) is 16.2 Å². The molecule has 26 nitrogen and oxygen atoms in total. The van der Waals surface area contributed by atoms with E-state index in [1.54, 1.807) is 25.4 Å². The van der Waals surface area contributed by atoms with Gasteiger partial charge in [0, 0.05) is 93.7 Å². The van der Waals surface area contributed by atoms with Crippen LogP contribution in [0.2, 0.25) is 0 Å². The van der Waals surface area contributed by atoms with Crippen molar-refractivity contribution < 1.29 is 78.0 Å². The van der Waals surface area contributed by atoms with Crippen LogP contribution in [0.3, 0.4) is 0 Å². The second kappa shape index (κ2) is 28.0. The number of imide groups is 1. The predicted molar refractivity (Wildman–Crippen MR) is 355 cm³/mol. The molecule has 4 aliphatic carbocycles. The summed E-state index contributed by atoms with van der Waals surface area (Å²) in [6, 6.07) is 21.5. The molecular formula is C70H82N10O16S. The van der Waals surface area contributed by atoms with Crippen LogP contribution >= 0.6 is 11.3 Å². The summed E-state index contributed by atoms with van der Waals surface area (Å²) in [6.45, 7) is 7.91. The normalized spacial score (nSPS) is 25.5. The van der Waals surface area contributed by atoms with Gasteiger partial charge in [-0.05, 0) is 140 Å². The van der Waals surface area contributed by atoms with Crippen molar-refractivity contribution in [1.82, 2.24) is 34.9 Å². The highest BCUT2D eigenvalue weighted by atomic mass is 32.1. The lowest BCUT2D eigenvalue weighted by atomic mass is 9.39. The van der Waals surface area contributed by atoms with Crippen molar-refractivity contribution in [2.45, 2.75) is 154 Å². The van der Waals surface area contributed by atoms with Gasteiger partial charge in [-0.1, -0.05) is 61.9 Å². The maximum absolute atomic E-state index is 13.8. The molecule has 7 aliphatic rings. The number of fused-ring (bicyclic) bond motifs is 2. The first kappa shape index (κ1) is 68.2. The molecule has 5 fully saturated rings. The molecule has 2 unspecified atom stereocenters. The zero-order chi connectivity index (χ0) is 68.6. The molecule has 3 aromatic carbocycles. The van der Waals surface area contributed by atoms with E-state index in [4.69, 9.17) is 29.0 Å². The molecule has 6 aromatic rings. The number of amides is 6. The SMILES string of the molecule is Cc1c(-c2ccc(N3CCc4cccc(C(=O)Nc5nc6ccccc6s5)c4C3)nc2C(=O)O)cnn1CC12CC3(C)CC(C)(C1)CC(OCCN(C)C(=O)OCc1ccc(O[C@@H]4O[C@H](CO)[C@@H](O)[C@H](O)[C@H]4O)c(NC(=O)CCNC(=O)CCCCCN4C(=O)C=CC4=O)c1)(C3)C2. The number of aromatic nitrogens is 4. The van der Waals surface area contributed by atoms with Crippen LogP contribution in [0.25, 0.3) is 21.3 Å². The van der Waals surface area contributed by atoms with E-state index in [0.717, 1.165) is 70.5 Å². The summed E-state index contributed by atoms with van der Waals surface area (Å²) < 4.78 is 27.3. The average molecular weight is 1350 g/mol. The number of benzene rings is 3. The van der Waals surface area contributed by atoms with Gasteiger partial charge < -0.3 is 64.9 Å². The van der Waals surface area contributed by atoms with E-state index in [0.29, 0.717) is 78.5 Å². The fourth-order valence-electron chi connectivity index (χ4n) is 16.3. The molecule has 27 heteroatoms. The van der Waals surface area contributed by atoms with Crippen LogP contribution in [0.5, 0.6) is 5.75 Å². The Hall–Kier alpha value is -8.70. The van der Waals surface area contributed by atoms with Gasteiger partial charge in [0.25, 0.3) is 17.7 Å². The number of para-hydroxylation sites is 1. The molecule has 4 bridgehead atoms. The minimum atomic E-state index is -1.76. The third-order valence-corrected chi connectivity index (χ3v) is 20.7. The molecule has 0 radical (unpaired) electrons. The minimum Gasteiger partial charge on any atom is -0.476 e. The molecule has 3 aromatic heterocycles. The first-order chi connectivity index (χ1) is 46.4. The van der Waals surface area contributed by atoms with E-state index >= 15 is 0 Å². The van der Waals surface area contributed by atoms with Crippen LogP contribution in [0.15, 0.2) is 91.1 Å². The molecule has 0 spiro atoms. The summed E-state index contributed by atoms with van der Waals surface area (Å²) in [7, 11) is 1.62. The number of nitrogens with zero attached hydrogens (tertiary/aromatic N) is 7. The standard InChI is InChI=1S/C70H82N10O16S/c1-41-46(44-17-19-53(75-58(44)63(90)91)78-26-23-43-11-10-12-45(47(43)31-78)62(89)76-65-74-48-13-7-8-14-52(48)97-65)30-72-80(41)40-69-35-67(2)34-68(3,36-69)38-70(37-67,39-69)94-28-27-77(4)66(92)93-33-42-16-18-50(95-64-61(88)60(87)59(86)51(32-81)96-64)49(29-42)73-55(83)22-24-71-54(82)15-6-5-9-25-79-56(84)20-21-57(79)85/h7-8,10-14,16-21,29-30,51,59-61,64,81,86-88H,5-6,9,15,22-28,31-40H2,1-4H3,(H,71,82)(H,73,83)(H,90,91)(H,74,76,89)/t51-,59-,60+,61-,64-,67?,68?,69?,70?/m1/s1. The molecule has 13 rings (SSSR count). The quantitative estimate of drug-likeness (QED) is 0.0202. The van der Waals surface area contributed by atoms with E-state index in [1.807, 2.05) is 65.0 Å². The maximum Gasteiger partial charge on any atom is 0.409 e. The van der Waals surface area contributed by atoms with E-state index in [1.165, 1.54) is 40.5 Å². The van der Waals surface area contributed by atoms with Gasteiger partial charge >= 0.3 is 12.1 Å². The Morgan fingerprint density at radius 3 is 2.35 bits per heavy atom. The number of carbonyl (C=O) groups is 7. The van der Waals surface area contributed by atoms with E-state index in [9.17, 15) is 59.1 Å². The van der Waals surface area contributed by atoms with Crippen molar-refractivity contribution >= 4 is 79.8 Å². The number of unbranched alkanes of at least 4 members (excludes halogenated alkanes) is 2. The fraction of sp³-hybridized carbons (Fsp3) is 0.486. The number of aromatic carboxylic acids is 1. The summed E-state index contributed by atoms with van der Waals surface area (Å²) in [5.74, 6) is -2.55. The highest BCUT2D eigenvalue weighted by Gasteiger charge is 2.66. The number of nitrogens with one attached hydrogen (secondary N) is 3. The van der Waals surface area contributed by atoms with Crippen molar-refractivity contribution in [3.05, 3.63) is 125 Å². The molecule has 7 atom stereocenters. The summed E-state index contributed by atoms with van der Waals surface area (Å²) >= 11 is 1.41. The number of aliphatic hydroxyl groups excluding tert-OH is 4. The lowest BCUT2D eigenvalue weighted by Gasteiger charge is -2.69. The van der Waals surface area contributed by atoms with Crippen LogP contribution < -0.4 is 25.6 Å². The smallest absolute Gasteiger partial charge is 0.409 e. The monoisotopic (exact) mass is 1350 g/mol. The molecule has 514 valence electrons. The highest BCUT2D eigenvalue weighted by Crippen LogP contribution is 2.72. The number of thiazole rings is 1.